The second-order valence-corrected chi connectivity index (χ2v) is 7.82. The zero-order valence-electron chi connectivity index (χ0n) is 16.2. The number of hydrogen-bond donors (Lipinski definition) is 1. The van der Waals surface area contributed by atoms with Gasteiger partial charge in [-0.15, -0.1) is 0 Å². The van der Waals surface area contributed by atoms with Gasteiger partial charge in [0.15, 0.2) is 0 Å². The van der Waals surface area contributed by atoms with Crippen LogP contribution in [0.4, 0.5) is 8.78 Å². The molecule has 28 heavy (non-hydrogen) atoms. The van der Waals surface area contributed by atoms with E-state index >= 15 is 0 Å². The zero-order chi connectivity index (χ0) is 19.9. The topological polar surface area (TPSA) is 52.7 Å². The van der Waals surface area contributed by atoms with E-state index in [1.54, 1.807) is 9.80 Å². The highest BCUT2D eigenvalue weighted by Crippen LogP contribution is 2.19. The van der Waals surface area contributed by atoms with E-state index in [0.29, 0.717) is 45.4 Å². The van der Waals surface area contributed by atoms with Crippen molar-refractivity contribution < 1.29 is 18.4 Å². The van der Waals surface area contributed by atoms with Crippen LogP contribution in [0.25, 0.3) is 0 Å². The summed E-state index contributed by atoms with van der Waals surface area (Å²) in [4.78, 5) is 28.8. The molecule has 2 aliphatic heterocycles. The minimum Gasteiger partial charge on any atom is -0.353 e. The van der Waals surface area contributed by atoms with E-state index in [0.717, 1.165) is 18.4 Å². The molecule has 154 valence electrons. The Morgan fingerprint density at radius 3 is 2.46 bits per heavy atom. The number of piperidine rings is 2. The van der Waals surface area contributed by atoms with Crippen molar-refractivity contribution in [3.63, 3.8) is 0 Å². The van der Waals surface area contributed by atoms with Crippen LogP contribution in [0.5, 0.6) is 0 Å². The van der Waals surface area contributed by atoms with E-state index in [2.05, 4.69) is 5.32 Å². The van der Waals surface area contributed by atoms with Gasteiger partial charge in [0.25, 0.3) is 6.43 Å². The first kappa shape index (κ1) is 20.7. The van der Waals surface area contributed by atoms with Gasteiger partial charge in [-0.1, -0.05) is 30.3 Å². The molecule has 2 amide bonds. The van der Waals surface area contributed by atoms with Gasteiger partial charge in [0, 0.05) is 32.2 Å². The fraction of sp³-hybridized carbons (Fsp3) is 0.619. The summed E-state index contributed by atoms with van der Waals surface area (Å²) in [5.74, 6) is -0.138. The number of hydrogen-bond acceptors (Lipinski definition) is 3. The summed E-state index contributed by atoms with van der Waals surface area (Å²) in [5, 5.41) is 3.08. The Kier molecular flexibility index (Phi) is 7.36. The molecule has 3 rings (SSSR count). The number of rotatable bonds is 6. The zero-order valence-corrected chi connectivity index (χ0v) is 16.2. The van der Waals surface area contributed by atoms with Crippen molar-refractivity contribution in [3.8, 4) is 0 Å². The summed E-state index contributed by atoms with van der Waals surface area (Å²) in [5.41, 5.74) is 0.981. The standard InChI is InChI=1S/C21H29F2N3O2/c22-19(23)15-25-11-8-18(9-12-25)24-21(28)17-7-4-10-26(14-17)20(27)13-16-5-2-1-3-6-16/h1-3,5-6,17-19H,4,7-15H2,(H,24,28). The van der Waals surface area contributed by atoms with Crippen molar-refractivity contribution in [2.45, 2.75) is 44.6 Å². The quantitative estimate of drug-likeness (QED) is 0.807. The summed E-state index contributed by atoms with van der Waals surface area (Å²) < 4.78 is 24.9. The number of amides is 2. The SMILES string of the molecule is O=C(NC1CCN(CC(F)F)CC1)C1CCCN(C(=O)Cc2ccccc2)C1. The van der Waals surface area contributed by atoms with Crippen LogP contribution in [-0.4, -0.2) is 66.8 Å². The minimum absolute atomic E-state index is 0.00970. The molecule has 0 bridgehead atoms. The third-order valence-corrected chi connectivity index (χ3v) is 5.67. The molecule has 2 saturated heterocycles. The lowest BCUT2D eigenvalue weighted by molar-refractivity contribution is -0.135. The molecular weight excluding hydrogens is 364 g/mol. The highest BCUT2D eigenvalue weighted by molar-refractivity contribution is 5.82. The Hall–Kier alpha value is -2.02. The molecule has 0 radical (unpaired) electrons. The van der Waals surface area contributed by atoms with Gasteiger partial charge < -0.3 is 10.2 Å². The predicted molar refractivity (Wildman–Crippen MR) is 103 cm³/mol. The first-order valence-electron chi connectivity index (χ1n) is 10.1. The van der Waals surface area contributed by atoms with Crippen LogP contribution < -0.4 is 5.32 Å². The van der Waals surface area contributed by atoms with Gasteiger partial charge in [-0.3, -0.25) is 14.5 Å². The van der Waals surface area contributed by atoms with Gasteiger partial charge in [-0.25, -0.2) is 8.78 Å². The van der Waals surface area contributed by atoms with Crippen LogP contribution in [0, 0.1) is 5.92 Å². The average molecular weight is 393 g/mol. The Balaban J connectivity index is 1.45. The molecule has 1 unspecified atom stereocenters. The lowest BCUT2D eigenvalue weighted by Gasteiger charge is -2.35. The summed E-state index contributed by atoms with van der Waals surface area (Å²) in [6.45, 7) is 2.13. The molecule has 7 heteroatoms. The molecule has 5 nitrogen and oxygen atoms in total. The first-order chi connectivity index (χ1) is 13.5. The Morgan fingerprint density at radius 1 is 1.07 bits per heavy atom. The smallest absolute Gasteiger partial charge is 0.251 e. The minimum atomic E-state index is -2.31. The van der Waals surface area contributed by atoms with Crippen LogP contribution in [-0.2, 0) is 16.0 Å². The maximum absolute atomic E-state index is 12.7. The normalized spacial score (nSPS) is 21.7. The van der Waals surface area contributed by atoms with Gasteiger partial charge in [0.2, 0.25) is 11.8 Å². The van der Waals surface area contributed by atoms with Gasteiger partial charge in [0.1, 0.15) is 0 Å². The molecule has 1 aromatic rings. The van der Waals surface area contributed by atoms with E-state index in [1.807, 2.05) is 30.3 Å². The van der Waals surface area contributed by atoms with Crippen LogP contribution in [0.15, 0.2) is 30.3 Å². The monoisotopic (exact) mass is 393 g/mol. The molecule has 2 fully saturated rings. The van der Waals surface area contributed by atoms with Gasteiger partial charge in [-0.2, -0.15) is 0 Å². The van der Waals surface area contributed by atoms with Crippen LogP contribution in [0.3, 0.4) is 0 Å². The molecule has 0 aliphatic carbocycles. The molecule has 1 aromatic carbocycles. The summed E-state index contributed by atoms with van der Waals surface area (Å²) in [6, 6.07) is 9.67. The predicted octanol–water partition coefficient (Wildman–Crippen LogP) is 2.31. The molecule has 2 aliphatic rings. The number of nitrogens with one attached hydrogen (secondary N) is 1. The largest absolute Gasteiger partial charge is 0.353 e. The van der Waals surface area contributed by atoms with Crippen LogP contribution in [0.1, 0.15) is 31.2 Å². The van der Waals surface area contributed by atoms with Crippen molar-refractivity contribution in [2.24, 2.45) is 5.92 Å². The van der Waals surface area contributed by atoms with E-state index in [9.17, 15) is 18.4 Å². The number of alkyl halides is 2. The number of benzene rings is 1. The average Bonchev–Trinajstić information content (AvgIpc) is 2.70. The number of likely N-dealkylation sites (tertiary alicyclic amines) is 2. The second kappa shape index (κ2) is 9.96. The first-order valence-corrected chi connectivity index (χ1v) is 10.1. The van der Waals surface area contributed by atoms with E-state index < -0.39 is 6.43 Å². The summed E-state index contributed by atoms with van der Waals surface area (Å²) >= 11 is 0. The summed E-state index contributed by atoms with van der Waals surface area (Å²) in [7, 11) is 0. The maximum Gasteiger partial charge on any atom is 0.251 e. The van der Waals surface area contributed by atoms with Crippen LogP contribution >= 0.6 is 0 Å². The van der Waals surface area contributed by atoms with Gasteiger partial charge in [0.05, 0.1) is 18.9 Å². The Morgan fingerprint density at radius 2 is 1.79 bits per heavy atom. The van der Waals surface area contributed by atoms with Crippen molar-refractivity contribution in [2.75, 3.05) is 32.7 Å². The lowest BCUT2D eigenvalue weighted by Crippen LogP contribution is -2.50. The van der Waals surface area contributed by atoms with Crippen molar-refractivity contribution in [3.05, 3.63) is 35.9 Å². The third kappa shape index (κ3) is 5.99. The molecule has 0 saturated carbocycles. The van der Waals surface area contributed by atoms with E-state index in [1.165, 1.54) is 0 Å². The Labute approximate surface area is 165 Å². The number of carbonyl (C=O) groups is 2. The van der Waals surface area contributed by atoms with Crippen LogP contribution in [0.2, 0.25) is 0 Å². The van der Waals surface area contributed by atoms with E-state index in [-0.39, 0.29) is 30.3 Å². The molecule has 1 N–H and O–H groups in total. The molecule has 1 atom stereocenters. The van der Waals surface area contributed by atoms with Crippen molar-refractivity contribution in [1.29, 1.82) is 0 Å². The van der Waals surface area contributed by atoms with Gasteiger partial charge in [-0.05, 0) is 31.2 Å². The molecule has 2 heterocycles. The number of nitrogens with zero attached hydrogens (tertiary/aromatic N) is 2. The summed E-state index contributed by atoms with van der Waals surface area (Å²) in [6.07, 6.45) is 1.05. The highest BCUT2D eigenvalue weighted by Gasteiger charge is 2.30. The third-order valence-electron chi connectivity index (χ3n) is 5.67. The van der Waals surface area contributed by atoms with E-state index in [4.69, 9.17) is 0 Å². The number of carbonyl (C=O) groups excluding carboxylic acids is 2. The van der Waals surface area contributed by atoms with Crippen molar-refractivity contribution in [1.82, 2.24) is 15.1 Å². The van der Waals surface area contributed by atoms with Crippen molar-refractivity contribution >= 4 is 11.8 Å². The number of halogens is 2. The molecule has 0 aromatic heterocycles. The Bertz CT molecular complexity index is 648. The molecule has 0 spiro atoms. The highest BCUT2D eigenvalue weighted by atomic mass is 19.3. The fourth-order valence-electron chi connectivity index (χ4n) is 4.07. The van der Waals surface area contributed by atoms with Gasteiger partial charge >= 0.3 is 0 Å². The lowest BCUT2D eigenvalue weighted by atomic mass is 9.95. The molecular formula is C21H29F2N3O2. The maximum atomic E-state index is 12.7. The second-order valence-electron chi connectivity index (χ2n) is 7.82. The fourth-order valence-corrected chi connectivity index (χ4v) is 4.07.